The molecule has 1 aromatic rings. The summed E-state index contributed by atoms with van der Waals surface area (Å²) in [5, 5.41) is 2.60. The maximum atomic E-state index is 11.8. The lowest BCUT2D eigenvalue weighted by atomic mass is 10.2. The van der Waals surface area contributed by atoms with Crippen molar-refractivity contribution in [3.63, 3.8) is 0 Å². The molecule has 1 N–H and O–H groups in total. The molecule has 1 amide bonds. The van der Waals surface area contributed by atoms with Crippen molar-refractivity contribution < 1.29 is 19.1 Å². The summed E-state index contributed by atoms with van der Waals surface area (Å²) in [4.78, 5) is 36.1. The second-order valence-electron chi connectivity index (χ2n) is 4.34. The first-order chi connectivity index (χ1) is 9.52. The predicted molar refractivity (Wildman–Crippen MR) is 76.9 cm³/mol. The van der Waals surface area contributed by atoms with Gasteiger partial charge in [0, 0.05) is 17.8 Å². The number of Topliss-reactive ketones (excluding diaryl/α,β-unsaturated/α-hetero) is 1. The maximum absolute atomic E-state index is 11.8. The number of carbonyl (C=O) groups is 3. The van der Waals surface area contributed by atoms with Crippen molar-refractivity contribution in [1.82, 2.24) is 5.32 Å². The Morgan fingerprint density at radius 1 is 1.25 bits per heavy atom. The zero-order valence-electron chi connectivity index (χ0n) is 11.7. The van der Waals surface area contributed by atoms with Crippen LogP contribution in [0.1, 0.15) is 40.7 Å². The van der Waals surface area contributed by atoms with Gasteiger partial charge in [-0.15, -0.1) is 11.3 Å². The zero-order chi connectivity index (χ0) is 15.0. The number of thiophene rings is 1. The maximum Gasteiger partial charge on any atom is 0.306 e. The van der Waals surface area contributed by atoms with Crippen molar-refractivity contribution in [2.75, 3.05) is 13.2 Å². The summed E-state index contributed by atoms with van der Waals surface area (Å²) in [7, 11) is 0. The Kier molecular flexibility index (Phi) is 6.93. The molecule has 0 radical (unpaired) electrons. The van der Waals surface area contributed by atoms with Crippen molar-refractivity contribution in [1.29, 1.82) is 0 Å². The number of rotatable bonds is 8. The van der Waals surface area contributed by atoms with Crippen molar-refractivity contribution in [3.8, 4) is 0 Å². The van der Waals surface area contributed by atoms with Crippen LogP contribution in [-0.4, -0.2) is 30.8 Å². The molecule has 20 heavy (non-hydrogen) atoms. The minimum atomic E-state index is -0.529. The van der Waals surface area contributed by atoms with Crippen LogP contribution in [0.15, 0.2) is 12.1 Å². The van der Waals surface area contributed by atoms with E-state index in [1.54, 1.807) is 6.07 Å². The van der Waals surface area contributed by atoms with E-state index in [-0.39, 0.29) is 31.1 Å². The smallest absolute Gasteiger partial charge is 0.306 e. The van der Waals surface area contributed by atoms with E-state index in [2.05, 4.69) is 5.32 Å². The van der Waals surface area contributed by atoms with Crippen LogP contribution in [0.25, 0.3) is 0 Å². The van der Waals surface area contributed by atoms with Gasteiger partial charge in [0.15, 0.2) is 12.4 Å². The Labute approximate surface area is 122 Å². The van der Waals surface area contributed by atoms with E-state index in [9.17, 15) is 14.4 Å². The fourth-order valence-electron chi connectivity index (χ4n) is 1.46. The molecular formula is C14H19NO4S. The van der Waals surface area contributed by atoms with Crippen LogP contribution in [0.3, 0.4) is 0 Å². The first-order valence-corrected chi connectivity index (χ1v) is 7.36. The topological polar surface area (TPSA) is 72.5 Å². The fraction of sp³-hybridized carbons (Fsp3) is 0.500. The molecule has 0 unspecified atom stereocenters. The van der Waals surface area contributed by atoms with E-state index in [0.29, 0.717) is 11.4 Å². The van der Waals surface area contributed by atoms with Crippen LogP contribution in [0.5, 0.6) is 0 Å². The van der Waals surface area contributed by atoms with Gasteiger partial charge in [0.2, 0.25) is 0 Å². The number of hydrogen-bond donors (Lipinski definition) is 1. The van der Waals surface area contributed by atoms with Crippen molar-refractivity contribution >= 4 is 29.0 Å². The SMILES string of the molecule is CCCNC(=O)COC(=O)CCC(=O)c1ccc(C)s1. The molecule has 1 heterocycles. The van der Waals surface area contributed by atoms with Gasteiger partial charge in [-0.25, -0.2) is 0 Å². The molecule has 0 aliphatic heterocycles. The van der Waals surface area contributed by atoms with Gasteiger partial charge in [0.05, 0.1) is 11.3 Å². The van der Waals surface area contributed by atoms with Crippen LogP contribution in [-0.2, 0) is 14.3 Å². The Morgan fingerprint density at radius 3 is 2.60 bits per heavy atom. The van der Waals surface area contributed by atoms with Gasteiger partial charge in [0.25, 0.3) is 5.91 Å². The zero-order valence-corrected chi connectivity index (χ0v) is 12.5. The van der Waals surface area contributed by atoms with Crippen LogP contribution >= 0.6 is 11.3 Å². The molecule has 0 saturated heterocycles. The summed E-state index contributed by atoms with van der Waals surface area (Å²) < 4.78 is 4.79. The summed E-state index contributed by atoms with van der Waals surface area (Å²) in [5.74, 6) is -0.922. The number of hydrogen-bond acceptors (Lipinski definition) is 5. The summed E-state index contributed by atoms with van der Waals surface area (Å²) in [5.41, 5.74) is 0. The fourth-order valence-corrected chi connectivity index (χ4v) is 2.29. The molecule has 6 heteroatoms. The highest BCUT2D eigenvalue weighted by atomic mass is 32.1. The summed E-state index contributed by atoms with van der Waals surface area (Å²) in [6.07, 6.45) is 0.931. The molecule has 0 atom stereocenters. The van der Waals surface area contributed by atoms with E-state index >= 15 is 0 Å². The lowest BCUT2D eigenvalue weighted by Crippen LogP contribution is -2.29. The van der Waals surface area contributed by atoms with Gasteiger partial charge in [-0.05, 0) is 25.5 Å². The largest absolute Gasteiger partial charge is 0.456 e. The van der Waals surface area contributed by atoms with Crippen molar-refractivity contribution in [2.45, 2.75) is 33.1 Å². The number of aryl methyl sites for hydroxylation is 1. The van der Waals surface area contributed by atoms with Crippen molar-refractivity contribution in [3.05, 3.63) is 21.9 Å². The van der Waals surface area contributed by atoms with E-state index < -0.39 is 5.97 Å². The van der Waals surface area contributed by atoms with Gasteiger partial charge in [-0.1, -0.05) is 6.92 Å². The van der Waals surface area contributed by atoms with Gasteiger partial charge < -0.3 is 10.1 Å². The second kappa shape index (κ2) is 8.47. The lowest BCUT2D eigenvalue weighted by molar-refractivity contribution is -0.148. The Morgan fingerprint density at radius 2 is 2.00 bits per heavy atom. The highest BCUT2D eigenvalue weighted by molar-refractivity contribution is 7.14. The monoisotopic (exact) mass is 297 g/mol. The average molecular weight is 297 g/mol. The standard InChI is InChI=1S/C14H19NO4S/c1-3-8-15-13(17)9-19-14(18)7-5-11(16)12-6-4-10(2)20-12/h4,6H,3,5,7-9H2,1-2H3,(H,15,17). The number of ketones is 1. The Balaban J connectivity index is 2.23. The van der Waals surface area contributed by atoms with Crippen LogP contribution in [0.2, 0.25) is 0 Å². The third kappa shape index (κ3) is 5.97. The molecule has 0 aliphatic carbocycles. The third-order valence-corrected chi connectivity index (χ3v) is 3.55. The molecule has 0 saturated carbocycles. The van der Waals surface area contributed by atoms with E-state index in [4.69, 9.17) is 4.74 Å². The van der Waals surface area contributed by atoms with Crippen LogP contribution < -0.4 is 5.32 Å². The number of esters is 1. The quantitative estimate of drug-likeness (QED) is 0.589. The average Bonchev–Trinajstić information content (AvgIpc) is 2.86. The van der Waals surface area contributed by atoms with Crippen molar-refractivity contribution in [2.24, 2.45) is 0 Å². The molecule has 0 fully saturated rings. The Hall–Kier alpha value is -1.69. The highest BCUT2D eigenvalue weighted by Gasteiger charge is 2.12. The van der Waals surface area contributed by atoms with Gasteiger partial charge >= 0.3 is 5.97 Å². The summed E-state index contributed by atoms with van der Waals surface area (Å²) >= 11 is 1.41. The molecule has 110 valence electrons. The van der Waals surface area contributed by atoms with Crippen LogP contribution in [0, 0.1) is 6.92 Å². The summed E-state index contributed by atoms with van der Waals surface area (Å²) in [6, 6.07) is 3.63. The number of carbonyl (C=O) groups excluding carboxylic acids is 3. The number of nitrogens with one attached hydrogen (secondary N) is 1. The van der Waals surface area contributed by atoms with E-state index in [0.717, 1.165) is 11.3 Å². The van der Waals surface area contributed by atoms with E-state index in [1.165, 1.54) is 11.3 Å². The first-order valence-electron chi connectivity index (χ1n) is 6.55. The minimum absolute atomic E-state index is 0.00314. The van der Waals surface area contributed by atoms with Gasteiger partial charge in [-0.3, -0.25) is 14.4 Å². The second-order valence-corrected chi connectivity index (χ2v) is 5.63. The number of ether oxygens (including phenoxy) is 1. The molecular weight excluding hydrogens is 278 g/mol. The first kappa shape index (κ1) is 16.4. The molecule has 1 aromatic heterocycles. The summed E-state index contributed by atoms with van der Waals surface area (Å²) in [6.45, 7) is 4.13. The molecule has 0 bridgehead atoms. The molecule has 0 spiro atoms. The van der Waals surface area contributed by atoms with Gasteiger partial charge in [-0.2, -0.15) is 0 Å². The molecule has 0 aliphatic rings. The lowest BCUT2D eigenvalue weighted by Gasteiger charge is -2.05. The molecule has 1 rings (SSSR count). The molecule has 0 aromatic carbocycles. The highest BCUT2D eigenvalue weighted by Crippen LogP contribution is 2.17. The molecule has 5 nitrogen and oxygen atoms in total. The van der Waals surface area contributed by atoms with Gasteiger partial charge in [0.1, 0.15) is 0 Å². The van der Waals surface area contributed by atoms with E-state index in [1.807, 2.05) is 19.9 Å². The minimum Gasteiger partial charge on any atom is -0.456 e. The van der Waals surface area contributed by atoms with Crippen LogP contribution in [0.4, 0.5) is 0 Å². The normalized spacial score (nSPS) is 10.1. The third-order valence-electron chi connectivity index (χ3n) is 2.51. The number of amides is 1. The Bertz CT molecular complexity index is 481. The predicted octanol–water partition coefficient (Wildman–Crippen LogP) is 2.09.